The van der Waals surface area contributed by atoms with Crippen molar-refractivity contribution in [2.75, 3.05) is 18.5 Å². The van der Waals surface area contributed by atoms with Crippen molar-refractivity contribution >= 4 is 52.6 Å². The second-order valence-corrected chi connectivity index (χ2v) is 8.26. The molecule has 0 saturated carbocycles. The molecule has 8 nitrogen and oxygen atoms in total. The van der Waals surface area contributed by atoms with E-state index in [1.54, 1.807) is 6.07 Å². The second-order valence-electron chi connectivity index (χ2n) is 7.45. The van der Waals surface area contributed by atoms with Gasteiger partial charge in [-0.15, -0.1) is 0 Å². The molecule has 0 radical (unpaired) electrons. The van der Waals surface area contributed by atoms with Crippen LogP contribution in [0, 0.1) is 19.8 Å². The van der Waals surface area contributed by atoms with Gasteiger partial charge in [-0.25, -0.2) is 0 Å². The molecule has 0 bridgehead atoms. The van der Waals surface area contributed by atoms with Crippen LogP contribution in [0.2, 0.25) is 10.0 Å². The monoisotopic (exact) mass is 477 g/mol. The van der Waals surface area contributed by atoms with Gasteiger partial charge in [0.1, 0.15) is 0 Å². The number of rotatable bonds is 6. The number of benzene rings is 2. The Labute approximate surface area is 194 Å². The summed E-state index contributed by atoms with van der Waals surface area (Å²) in [5, 5.41) is 4.23. The van der Waals surface area contributed by atoms with Gasteiger partial charge in [-0.05, 0) is 43.7 Å². The van der Waals surface area contributed by atoms with Crippen LogP contribution in [0.1, 0.15) is 27.9 Å². The van der Waals surface area contributed by atoms with E-state index in [9.17, 15) is 19.2 Å². The lowest BCUT2D eigenvalue weighted by molar-refractivity contribution is -0.151. The summed E-state index contributed by atoms with van der Waals surface area (Å²) in [7, 11) is 0. The van der Waals surface area contributed by atoms with Crippen molar-refractivity contribution in [3.05, 3.63) is 63.1 Å². The summed E-state index contributed by atoms with van der Waals surface area (Å²) < 4.78 is 5.06. The van der Waals surface area contributed by atoms with Crippen molar-refractivity contribution in [3.8, 4) is 0 Å². The fourth-order valence-electron chi connectivity index (χ4n) is 3.19. The molecular weight excluding hydrogens is 457 g/mol. The summed E-state index contributed by atoms with van der Waals surface area (Å²) in [6.45, 7) is 3.26. The van der Waals surface area contributed by atoms with Crippen LogP contribution in [0.3, 0.4) is 0 Å². The van der Waals surface area contributed by atoms with E-state index in [1.807, 2.05) is 26.0 Å². The molecule has 1 aliphatic heterocycles. The number of esters is 1. The van der Waals surface area contributed by atoms with Crippen LogP contribution in [-0.4, -0.2) is 41.9 Å². The Morgan fingerprint density at radius 3 is 2.53 bits per heavy atom. The molecule has 3 rings (SSSR count). The molecular formula is C22H21Cl2N3O5. The first-order valence-electron chi connectivity index (χ1n) is 9.74. The van der Waals surface area contributed by atoms with Crippen LogP contribution in [0.5, 0.6) is 0 Å². The highest BCUT2D eigenvalue weighted by molar-refractivity contribution is 6.42. The summed E-state index contributed by atoms with van der Waals surface area (Å²) in [6.07, 6.45) is -0.140. The zero-order valence-corrected chi connectivity index (χ0v) is 18.9. The van der Waals surface area contributed by atoms with E-state index < -0.39 is 36.2 Å². The Morgan fingerprint density at radius 1 is 1.09 bits per heavy atom. The molecule has 1 atom stereocenters. The summed E-state index contributed by atoms with van der Waals surface area (Å²) >= 11 is 11.7. The Kier molecular flexibility index (Phi) is 7.37. The first-order chi connectivity index (χ1) is 15.1. The number of ether oxygens (including phenoxy) is 1. The van der Waals surface area contributed by atoms with Gasteiger partial charge in [-0.1, -0.05) is 40.9 Å². The van der Waals surface area contributed by atoms with Crippen molar-refractivity contribution in [2.24, 2.45) is 5.92 Å². The lowest BCUT2D eigenvalue weighted by Crippen LogP contribution is -2.43. The lowest BCUT2D eigenvalue weighted by Gasteiger charge is -2.17. The van der Waals surface area contributed by atoms with Crippen molar-refractivity contribution in [2.45, 2.75) is 20.3 Å². The molecule has 2 aromatic rings. The average Bonchev–Trinajstić information content (AvgIpc) is 3.10. The van der Waals surface area contributed by atoms with Gasteiger partial charge in [-0.2, -0.15) is 0 Å². The molecule has 2 N–H and O–H groups in total. The van der Waals surface area contributed by atoms with Gasteiger partial charge < -0.3 is 10.1 Å². The van der Waals surface area contributed by atoms with E-state index >= 15 is 0 Å². The van der Waals surface area contributed by atoms with Crippen molar-refractivity contribution in [1.82, 2.24) is 10.4 Å². The molecule has 3 amide bonds. The standard InChI is InChI=1S/C22H21Cl2N3O5/c1-12-3-6-18(13(2)7-12)25-19(28)11-32-22(31)15-9-20(29)27(10-15)26-21(30)14-4-5-16(23)17(24)8-14/h3-8,15H,9-11H2,1-2H3,(H,25,28)(H,26,30)/t15-/m1/s1. The summed E-state index contributed by atoms with van der Waals surface area (Å²) in [5.41, 5.74) is 5.23. The molecule has 1 fully saturated rings. The molecule has 0 unspecified atom stereocenters. The minimum absolute atomic E-state index is 0.0661. The van der Waals surface area contributed by atoms with Gasteiger partial charge in [0.15, 0.2) is 6.61 Å². The molecule has 1 saturated heterocycles. The van der Waals surface area contributed by atoms with Crippen LogP contribution in [0.4, 0.5) is 5.69 Å². The van der Waals surface area contributed by atoms with Gasteiger partial charge >= 0.3 is 5.97 Å². The highest BCUT2D eigenvalue weighted by Crippen LogP contribution is 2.23. The minimum Gasteiger partial charge on any atom is -0.455 e. The smallest absolute Gasteiger partial charge is 0.311 e. The van der Waals surface area contributed by atoms with E-state index in [2.05, 4.69) is 10.7 Å². The van der Waals surface area contributed by atoms with Gasteiger partial charge in [0.25, 0.3) is 11.8 Å². The molecule has 1 aliphatic rings. The second kappa shape index (κ2) is 10.0. The van der Waals surface area contributed by atoms with Crippen molar-refractivity contribution in [3.63, 3.8) is 0 Å². The molecule has 10 heteroatoms. The topological polar surface area (TPSA) is 105 Å². The third-order valence-corrected chi connectivity index (χ3v) is 5.62. The van der Waals surface area contributed by atoms with Gasteiger partial charge in [0, 0.05) is 17.7 Å². The number of aryl methyl sites for hydroxylation is 2. The van der Waals surface area contributed by atoms with Crippen molar-refractivity contribution in [1.29, 1.82) is 0 Å². The van der Waals surface area contributed by atoms with Crippen LogP contribution in [0.25, 0.3) is 0 Å². The van der Waals surface area contributed by atoms with E-state index in [-0.39, 0.29) is 23.6 Å². The maximum atomic E-state index is 12.3. The molecule has 0 aromatic heterocycles. The maximum absolute atomic E-state index is 12.3. The van der Waals surface area contributed by atoms with Gasteiger partial charge in [0.05, 0.1) is 22.5 Å². The Balaban J connectivity index is 1.50. The molecule has 0 spiro atoms. The van der Waals surface area contributed by atoms with E-state index in [4.69, 9.17) is 27.9 Å². The highest BCUT2D eigenvalue weighted by atomic mass is 35.5. The summed E-state index contributed by atoms with van der Waals surface area (Å²) in [5.74, 6) is -3.00. The molecule has 32 heavy (non-hydrogen) atoms. The maximum Gasteiger partial charge on any atom is 0.311 e. The van der Waals surface area contributed by atoms with Crippen LogP contribution >= 0.6 is 23.2 Å². The van der Waals surface area contributed by atoms with E-state index in [0.717, 1.165) is 16.1 Å². The third-order valence-electron chi connectivity index (χ3n) is 4.88. The number of anilines is 1. The highest BCUT2D eigenvalue weighted by Gasteiger charge is 2.36. The zero-order chi connectivity index (χ0) is 23.4. The predicted molar refractivity (Wildman–Crippen MR) is 119 cm³/mol. The first-order valence-corrected chi connectivity index (χ1v) is 10.5. The van der Waals surface area contributed by atoms with E-state index in [1.165, 1.54) is 18.2 Å². The molecule has 168 valence electrons. The fraction of sp³-hybridized carbons (Fsp3) is 0.273. The van der Waals surface area contributed by atoms with Crippen LogP contribution < -0.4 is 10.7 Å². The number of amides is 3. The SMILES string of the molecule is Cc1ccc(NC(=O)COC(=O)[C@@H]2CC(=O)N(NC(=O)c3ccc(Cl)c(Cl)c3)C2)c(C)c1. The molecule has 0 aliphatic carbocycles. The Bertz CT molecular complexity index is 1090. The number of hydrogen-bond acceptors (Lipinski definition) is 5. The number of carbonyl (C=O) groups is 4. The number of carbonyl (C=O) groups excluding carboxylic acids is 4. The van der Waals surface area contributed by atoms with Crippen LogP contribution in [-0.2, 0) is 19.1 Å². The summed E-state index contributed by atoms with van der Waals surface area (Å²) in [4.78, 5) is 49.0. The quantitative estimate of drug-likeness (QED) is 0.621. The van der Waals surface area contributed by atoms with E-state index in [0.29, 0.717) is 10.7 Å². The minimum atomic E-state index is -0.800. The third kappa shape index (κ3) is 5.77. The first kappa shape index (κ1) is 23.6. The van der Waals surface area contributed by atoms with Crippen molar-refractivity contribution < 1.29 is 23.9 Å². The molecule has 2 aromatic carbocycles. The molecule has 1 heterocycles. The fourth-order valence-corrected chi connectivity index (χ4v) is 3.49. The van der Waals surface area contributed by atoms with Gasteiger partial charge in [-0.3, -0.25) is 29.6 Å². The number of hydrogen-bond donors (Lipinski definition) is 2. The number of nitrogens with zero attached hydrogens (tertiary/aromatic N) is 1. The largest absolute Gasteiger partial charge is 0.455 e. The normalized spacial score (nSPS) is 15.4. The van der Waals surface area contributed by atoms with Gasteiger partial charge in [0.2, 0.25) is 5.91 Å². The Morgan fingerprint density at radius 2 is 1.84 bits per heavy atom. The number of nitrogens with one attached hydrogen (secondary N) is 2. The van der Waals surface area contributed by atoms with Crippen LogP contribution in [0.15, 0.2) is 36.4 Å². The predicted octanol–water partition coefficient (Wildman–Crippen LogP) is 3.29. The lowest BCUT2D eigenvalue weighted by atomic mass is 10.1. The average molecular weight is 478 g/mol. The zero-order valence-electron chi connectivity index (χ0n) is 17.4. The Hall–Kier alpha value is -3.10. The number of hydrazine groups is 1. The summed E-state index contributed by atoms with van der Waals surface area (Å²) in [6, 6.07) is 9.86. The number of halogens is 2.